The molecule has 5 heteroatoms. The summed E-state index contributed by atoms with van der Waals surface area (Å²) in [5.74, 6) is 1.94. The zero-order valence-corrected chi connectivity index (χ0v) is 10.1. The van der Waals surface area contributed by atoms with E-state index in [9.17, 15) is 4.79 Å². The van der Waals surface area contributed by atoms with E-state index in [2.05, 4.69) is 15.3 Å². The van der Waals surface area contributed by atoms with E-state index >= 15 is 0 Å². The molecule has 5 nitrogen and oxygen atoms in total. The number of fused-ring (bicyclic) bond motifs is 1. The highest BCUT2D eigenvalue weighted by Gasteiger charge is 2.54. The fourth-order valence-corrected chi connectivity index (χ4v) is 3.06. The Morgan fingerprint density at radius 3 is 2.65 bits per heavy atom. The van der Waals surface area contributed by atoms with E-state index in [-0.39, 0.29) is 5.91 Å². The monoisotopic (exact) mass is 236 g/mol. The molecule has 0 saturated heterocycles. The number of amides is 1. The van der Waals surface area contributed by atoms with Gasteiger partial charge in [-0.3, -0.25) is 4.79 Å². The summed E-state index contributed by atoms with van der Waals surface area (Å²) in [6, 6.07) is 0. The molecule has 0 spiro atoms. The molecule has 2 atom stereocenters. The van der Waals surface area contributed by atoms with Gasteiger partial charge < -0.3 is 5.32 Å². The second-order valence-electron chi connectivity index (χ2n) is 5.09. The minimum atomic E-state index is 0.255. The molecule has 0 bridgehead atoms. The Labute approximate surface area is 102 Å². The SMILES string of the molecule is [N-]=[N+]=NCCCCNC(=O)C1C2CCCCC21. The Morgan fingerprint density at radius 1 is 1.29 bits per heavy atom. The third-order valence-corrected chi connectivity index (χ3v) is 4.01. The number of azide groups is 1. The summed E-state index contributed by atoms with van der Waals surface area (Å²) in [4.78, 5) is 14.6. The molecule has 1 amide bonds. The van der Waals surface area contributed by atoms with Crippen LogP contribution < -0.4 is 5.32 Å². The first kappa shape index (κ1) is 12.2. The summed E-state index contributed by atoms with van der Waals surface area (Å²) >= 11 is 0. The molecule has 2 aliphatic rings. The van der Waals surface area contributed by atoms with Crippen molar-refractivity contribution in [2.45, 2.75) is 38.5 Å². The molecule has 0 aromatic carbocycles. The molecular weight excluding hydrogens is 216 g/mol. The van der Waals surface area contributed by atoms with Gasteiger partial charge in [0, 0.05) is 23.9 Å². The normalized spacial score (nSPS) is 30.0. The van der Waals surface area contributed by atoms with Crippen LogP contribution >= 0.6 is 0 Å². The molecule has 0 radical (unpaired) electrons. The van der Waals surface area contributed by atoms with Gasteiger partial charge in [-0.25, -0.2) is 0 Å². The molecule has 2 rings (SSSR count). The van der Waals surface area contributed by atoms with Gasteiger partial charge >= 0.3 is 0 Å². The highest BCUT2D eigenvalue weighted by Crippen LogP contribution is 2.55. The summed E-state index contributed by atoms with van der Waals surface area (Å²) in [5, 5.41) is 6.47. The van der Waals surface area contributed by atoms with Crippen LogP contribution in [0.3, 0.4) is 0 Å². The Balaban J connectivity index is 1.57. The van der Waals surface area contributed by atoms with Gasteiger partial charge in [-0.1, -0.05) is 18.0 Å². The zero-order valence-electron chi connectivity index (χ0n) is 10.1. The van der Waals surface area contributed by atoms with Crippen molar-refractivity contribution in [1.82, 2.24) is 5.32 Å². The third-order valence-electron chi connectivity index (χ3n) is 4.01. The van der Waals surface area contributed by atoms with E-state index < -0.39 is 0 Å². The summed E-state index contributed by atoms with van der Waals surface area (Å²) in [7, 11) is 0. The lowest BCUT2D eigenvalue weighted by Gasteiger charge is -2.04. The topological polar surface area (TPSA) is 77.9 Å². The van der Waals surface area contributed by atoms with Gasteiger partial charge in [0.2, 0.25) is 5.91 Å². The van der Waals surface area contributed by atoms with Crippen LogP contribution in [0.4, 0.5) is 0 Å². The molecular formula is C12H20N4O. The highest BCUT2D eigenvalue weighted by molar-refractivity contribution is 5.82. The lowest BCUT2D eigenvalue weighted by Crippen LogP contribution is -2.27. The van der Waals surface area contributed by atoms with Gasteiger partial charge in [-0.15, -0.1) is 0 Å². The van der Waals surface area contributed by atoms with Crippen LogP contribution in [0.2, 0.25) is 0 Å². The van der Waals surface area contributed by atoms with E-state index in [4.69, 9.17) is 5.53 Å². The van der Waals surface area contributed by atoms with E-state index in [1.807, 2.05) is 0 Å². The van der Waals surface area contributed by atoms with Gasteiger partial charge in [0.15, 0.2) is 0 Å². The Bertz CT molecular complexity index is 312. The zero-order chi connectivity index (χ0) is 12.1. The van der Waals surface area contributed by atoms with Gasteiger partial charge in [0.1, 0.15) is 0 Å². The second-order valence-corrected chi connectivity index (χ2v) is 5.09. The molecule has 0 aromatic heterocycles. The first-order valence-corrected chi connectivity index (χ1v) is 6.63. The first-order chi connectivity index (χ1) is 8.34. The van der Waals surface area contributed by atoms with Crippen molar-refractivity contribution < 1.29 is 4.79 Å². The molecule has 0 aliphatic heterocycles. The quantitative estimate of drug-likeness (QED) is 0.327. The van der Waals surface area contributed by atoms with Crippen molar-refractivity contribution >= 4 is 5.91 Å². The molecule has 0 heterocycles. The number of rotatable bonds is 6. The Morgan fingerprint density at radius 2 is 2.00 bits per heavy atom. The average Bonchev–Trinajstić information content (AvgIpc) is 3.07. The summed E-state index contributed by atoms with van der Waals surface area (Å²) in [6.07, 6.45) is 6.85. The predicted molar refractivity (Wildman–Crippen MR) is 65.2 cm³/mol. The lowest BCUT2D eigenvalue weighted by atomic mass is 10.0. The average molecular weight is 236 g/mol. The summed E-state index contributed by atoms with van der Waals surface area (Å²) in [6.45, 7) is 1.25. The number of hydrogen-bond acceptors (Lipinski definition) is 2. The van der Waals surface area contributed by atoms with Crippen LogP contribution in [0.5, 0.6) is 0 Å². The fourth-order valence-electron chi connectivity index (χ4n) is 3.06. The maximum Gasteiger partial charge on any atom is 0.223 e. The lowest BCUT2D eigenvalue weighted by molar-refractivity contribution is -0.122. The van der Waals surface area contributed by atoms with Crippen LogP contribution in [-0.4, -0.2) is 19.0 Å². The van der Waals surface area contributed by atoms with Crippen molar-refractivity contribution in [3.63, 3.8) is 0 Å². The minimum absolute atomic E-state index is 0.255. The highest BCUT2D eigenvalue weighted by atomic mass is 16.2. The maximum absolute atomic E-state index is 11.9. The summed E-state index contributed by atoms with van der Waals surface area (Å²) < 4.78 is 0. The number of carbonyl (C=O) groups is 1. The largest absolute Gasteiger partial charge is 0.356 e. The van der Waals surface area contributed by atoms with Crippen molar-refractivity contribution in [3.05, 3.63) is 10.4 Å². The standard InChI is InChI=1S/C12H20N4O/c13-16-15-8-4-3-7-14-12(17)11-9-5-1-2-6-10(9)11/h9-11H,1-8H2,(H,14,17). The van der Waals surface area contributed by atoms with E-state index in [1.165, 1.54) is 25.7 Å². The van der Waals surface area contributed by atoms with Gasteiger partial charge in [-0.2, -0.15) is 0 Å². The number of unbranched alkanes of at least 4 members (excludes halogenated alkanes) is 1. The van der Waals surface area contributed by atoms with E-state index in [1.54, 1.807) is 0 Å². The van der Waals surface area contributed by atoms with Crippen LogP contribution in [0.1, 0.15) is 38.5 Å². The van der Waals surface area contributed by atoms with Crippen LogP contribution in [0.15, 0.2) is 5.11 Å². The number of nitrogens with one attached hydrogen (secondary N) is 1. The van der Waals surface area contributed by atoms with Gasteiger partial charge in [0.05, 0.1) is 0 Å². The number of hydrogen-bond donors (Lipinski definition) is 1. The first-order valence-electron chi connectivity index (χ1n) is 6.63. The van der Waals surface area contributed by atoms with E-state index in [0.29, 0.717) is 24.3 Å². The maximum atomic E-state index is 11.9. The van der Waals surface area contributed by atoms with Crippen molar-refractivity contribution in [3.8, 4) is 0 Å². The fraction of sp³-hybridized carbons (Fsp3) is 0.917. The van der Waals surface area contributed by atoms with Crippen LogP contribution in [0, 0.1) is 17.8 Å². The van der Waals surface area contributed by atoms with E-state index in [0.717, 1.165) is 19.4 Å². The number of carbonyl (C=O) groups excluding carboxylic acids is 1. The molecule has 2 unspecified atom stereocenters. The molecule has 2 saturated carbocycles. The second kappa shape index (κ2) is 5.92. The predicted octanol–water partition coefficient (Wildman–Crippen LogP) is 2.63. The molecule has 2 fully saturated rings. The molecule has 1 N–H and O–H groups in total. The molecule has 2 aliphatic carbocycles. The minimum Gasteiger partial charge on any atom is -0.356 e. The van der Waals surface area contributed by atoms with Crippen molar-refractivity contribution in [2.24, 2.45) is 22.9 Å². The third kappa shape index (κ3) is 3.13. The van der Waals surface area contributed by atoms with Crippen LogP contribution in [-0.2, 0) is 4.79 Å². The Hall–Kier alpha value is -1.22. The molecule has 0 aromatic rings. The number of nitrogens with zero attached hydrogens (tertiary/aromatic N) is 3. The van der Waals surface area contributed by atoms with Crippen molar-refractivity contribution in [2.75, 3.05) is 13.1 Å². The van der Waals surface area contributed by atoms with Gasteiger partial charge in [-0.05, 0) is 43.1 Å². The molecule has 17 heavy (non-hydrogen) atoms. The molecule has 94 valence electrons. The van der Waals surface area contributed by atoms with Crippen molar-refractivity contribution in [1.29, 1.82) is 0 Å². The Kier molecular flexibility index (Phi) is 4.26. The van der Waals surface area contributed by atoms with Gasteiger partial charge in [0.25, 0.3) is 0 Å². The smallest absolute Gasteiger partial charge is 0.223 e. The van der Waals surface area contributed by atoms with Crippen LogP contribution in [0.25, 0.3) is 10.4 Å². The summed E-state index contributed by atoms with van der Waals surface area (Å²) in [5.41, 5.74) is 8.10.